The molecule has 6 aromatic rings. The number of piperazine rings is 2. The number of fused-ring (bicyclic) bond motifs is 2. The maximum absolute atomic E-state index is 13.7. The third-order valence-corrected chi connectivity index (χ3v) is 13.5. The normalized spacial score (nSPS) is 17.2. The molecule has 3 aliphatic rings. The van der Waals surface area contributed by atoms with Crippen LogP contribution >= 0.6 is 0 Å². The summed E-state index contributed by atoms with van der Waals surface area (Å²) in [4.78, 5) is 65.9. The molecule has 15 nitrogen and oxygen atoms in total. The van der Waals surface area contributed by atoms with E-state index in [4.69, 9.17) is 20.2 Å². The van der Waals surface area contributed by atoms with Crippen LogP contribution in [0.3, 0.4) is 0 Å². The smallest absolute Gasteiger partial charge is 0.275 e. The SMILES string of the molecule is C#C.CC.CC.CC.CC(C)(C)c1cc(-c2ccc(F)cc2)nn2cc(C(=O)N3CCN(C(=O)C4CC(C=O)C4)CC3(C)C)nc12.CC(C)(C)c1cc(-c2ccc(F)cc2)nn2cc(C(=O)N3CC[NH2+]CC3(C)C)nc12.CO. The van der Waals surface area contributed by atoms with Crippen molar-refractivity contribution in [1.29, 1.82) is 0 Å². The molecule has 6 heterocycles. The van der Waals surface area contributed by atoms with Gasteiger partial charge in [0.15, 0.2) is 11.3 Å². The lowest BCUT2D eigenvalue weighted by Gasteiger charge is -2.48. The van der Waals surface area contributed by atoms with E-state index in [1.807, 2.05) is 77.3 Å². The summed E-state index contributed by atoms with van der Waals surface area (Å²) >= 11 is 0. The Hall–Kier alpha value is -6.90. The van der Waals surface area contributed by atoms with Crippen molar-refractivity contribution >= 4 is 35.3 Å². The zero-order valence-electron chi connectivity index (χ0n) is 49.4. The predicted molar refractivity (Wildman–Crippen MR) is 307 cm³/mol. The number of benzene rings is 2. The summed E-state index contributed by atoms with van der Waals surface area (Å²) in [5, 5.41) is 18.6. The number of aromatic nitrogens is 6. The van der Waals surface area contributed by atoms with Crippen LogP contribution in [0.4, 0.5) is 8.78 Å². The number of hydrogen-bond acceptors (Lipinski definition) is 9. The maximum atomic E-state index is 13.7. The molecular formula is C61H87F2N10O5+. The number of aliphatic hydroxyl groups is 1. The van der Waals surface area contributed by atoms with Crippen LogP contribution in [0.5, 0.6) is 0 Å². The van der Waals surface area contributed by atoms with E-state index in [-0.39, 0.29) is 57.6 Å². The topological polar surface area (TPSA) is 175 Å². The second-order valence-corrected chi connectivity index (χ2v) is 21.8. The highest BCUT2D eigenvalue weighted by molar-refractivity contribution is 5.94. The van der Waals surface area contributed by atoms with Crippen LogP contribution in [0, 0.1) is 36.3 Å². The van der Waals surface area contributed by atoms with E-state index in [1.54, 1.807) is 50.6 Å². The summed E-state index contributed by atoms with van der Waals surface area (Å²) < 4.78 is 30.2. The molecule has 0 bridgehead atoms. The van der Waals surface area contributed by atoms with Crippen LogP contribution in [0.25, 0.3) is 33.8 Å². The van der Waals surface area contributed by atoms with Gasteiger partial charge in [-0.05, 0) is 112 Å². The third kappa shape index (κ3) is 15.2. The van der Waals surface area contributed by atoms with Crippen LogP contribution < -0.4 is 5.32 Å². The molecule has 2 aromatic carbocycles. The van der Waals surface area contributed by atoms with E-state index < -0.39 is 5.54 Å². The predicted octanol–water partition coefficient (Wildman–Crippen LogP) is 9.69. The Bertz CT molecular complexity index is 2940. The molecular weight excluding hydrogens is 991 g/mol. The van der Waals surface area contributed by atoms with Crippen LogP contribution in [0.2, 0.25) is 0 Å². The van der Waals surface area contributed by atoms with Crippen LogP contribution in [0.1, 0.15) is 156 Å². The van der Waals surface area contributed by atoms with E-state index in [9.17, 15) is 28.0 Å². The highest BCUT2D eigenvalue weighted by Gasteiger charge is 2.44. The Balaban J connectivity index is 0.000000361. The summed E-state index contributed by atoms with van der Waals surface area (Å²) in [5.41, 5.74) is 5.56. The van der Waals surface area contributed by atoms with Gasteiger partial charge in [0, 0.05) is 60.8 Å². The monoisotopic (exact) mass is 1080 g/mol. The van der Waals surface area contributed by atoms with Gasteiger partial charge in [-0.2, -0.15) is 10.2 Å². The summed E-state index contributed by atoms with van der Waals surface area (Å²) in [6.45, 7) is 36.4. The molecule has 424 valence electrons. The van der Waals surface area contributed by atoms with E-state index in [0.29, 0.717) is 67.4 Å². The van der Waals surface area contributed by atoms with Gasteiger partial charge in [0.05, 0.1) is 54.5 Å². The zero-order chi connectivity index (χ0) is 59.1. The number of nitrogens with zero attached hydrogens (tertiary/aromatic N) is 9. The number of nitrogens with two attached hydrogens (primary N) is 1. The number of carbonyl (C=O) groups excluding carboxylic acids is 4. The number of quaternary nitrogens is 1. The van der Waals surface area contributed by atoms with Crippen molar-refractivity contribution in [2.24, 2.45) is 11.8 Å². The largest absolute Gasteiger partial charge is 0.400 e. The van der Waals surface area contributed by atoms with Crippen LogP contribution in [-0.2, 0) is 20.4 Å². The molecule has 17 heteroatoms. The maximum Gasteiger partial charge on any atom is 0.275 e. The molecule has 2 saturated heterocycles. The number of carbonyl (C=O) groups is 4. The van der Waals surface area contributed by atoms with Crippen LogP contribution in [-0.4, -0.2) is 130 Å². The fraction of sp³-hybridized carbons (Fsp3) is 0.508. The molecule has 9 rings (SSSR count). The summed E-state index contributed by atoms with van der Waals surface area (Å²) in [6.07, 6.45) is 13.5. The van der Waals surface area contributed by atoms with Crippen molar-refractivity contribution in [3.05, 3.63) is 107 Å². The minimum absolute atomic E-state index is 0.00922. The minimum Gasteiger partial charge on any atom is -0.400 e. The molecule has 1 aliphatic carbocycles. The molecule has 0 atom stereocenters. The third-order valence-electron chi connectivity index (χ3n) is 13.5. The number of hydrogen-bond donors (Lipinski definition) is 2. The van der Waals surface area contributed by atoms with Gasteiger partial charge in [-0.25, -0.2) is 27.8 Å². The quantitative estimate of drug-likeness (QED) is 0.122. The number of aldehydes is 1. The number of amides is 3. The highest BCUT2D eigenvalue weighted by Crippen LogP contribution is 2.36. The average molecular weight is 1080 g/mol. The lowest BCUT2D eigenvalue weighted by atomic mass is 9.75. The lowest BCUT2D eigenvalue weighted by molar-refractivity contribution is -0.673. The Morgan fingerprint density at radius 2 is 1.05 bits per heavy atom. The van der Waals surface area contributed by atoms with Gasteiger partial charge in [0.25, 0.3) is 11.8 Å². The molecule has 3 amide bonds. The summed E-state index contributed by atoms with van der Waals surface area (Å²) in [6, 6.07) is 16.4. The number of terminal acetylenes is 1. The van der Waals surface area contributed by atoms with E-state index in [1.165, 1.54) is 24.3 Å². The number of rotatable bonds is 6. The highest BCUT2D eigenvalue weighted by atomic mass is 19.1. The van der Waals surface area contributed by atoms with Crippen molar-refractivity contribution in [2.75, 3.05) is 46.4 Å². The van der Waals surface area contributed by atoms with Crippen molar-refractivity contribution in [3.63, 3.8) is 0 Å². The van der Waals surface area contributed by atoms with Crippen molar-refractivity contribution < 1.29 is 38.4 Å². The Morgan fingerprint density at radius 3 is 1.41 bits per heavy atom. The van der Waals surface area contributed by atoms with Gasteiger partial charge in [-0.1, -0.05) is 83.1 Å². The van der Waals surface area contributed by atoms with E-state index in [0.717, 1.165) is 54.4 Å². The van der Waals surface area contributed by atoms with Gasteiger partial charge in [0.2, 0.25) is 5.91 Å². The Morgan fingerprint density at radius 1 is 0.654 bits per heavy atom. The van der Waals surface area contributed by atoms with Gasteiger partial charge < -0.3 is 29.9 Å². The second-order valence-electron chi connectivity index (χ2n) is 21.8. The fourth-order valence-corrected chi connectivity index (χ4v) is 9.48. The summed E-state index contributed by atoms with van der Waals surface area (Å²) in [7, 11) is 1.00. The lowest BCUT2D eigenvalue weighted by Crippen LogP contribution is -2.94. The molecule has 78 heavy (non-hydrogen) atoms. The molecule has 1 saturated carbocycles. The average Bonchev–Trinajstić information content (AvgIpc) is 4.05. The molecule has 0 unspecified atom stereocenters. The number of aliphatic hydroxyl groups excluding tert-OH is 1. The molecule has 4 aromatic heterocycles. The second kappa shape index (κ2) is 28.1. The molecule has 2 aliphatic heterocycles. The Kier molecular flexibility index (Phi) is 23.6. The van der Waals surface area contributed by atoms with Gasteiger partial charge in [-0.15, -0.1) is 12.8 Å². The van der Waals surface area contributed by atoms with Crippen molar-refractivity contribution in [1.82, 2.24) is 43.9 Å². The minimum atomic E-state index is -0.589. The van der Waals surface area contributed by atoms with Gasteiger partial charge >= 0.3 is 0 Å². The number of imidazole rings is 2. The zero-order valence-corrected chi connectivity index (χ0v) is 49.4. The molecule has 3 fully saturated rings. The molecule has 0 spiro atoms. The summed E-state index contributed by atoms with van der Waals surface area (Å²) in [5.74, 6) is -0.911. The first-order chi connectivity index (χ1) is 36.9. The first-order valence-electron chi connectivity index (χ1n) is 27.2. The van der Waals surface area contributed by atoms with Gasteiger partial charge in [0.1, 0.15) is 29.3 Å². The fourth-order valence-electron chi connectivity index (χ4n) is 9.48. The first-order valence-corrected chi connectivity index (χ1v) is 27.2. The Labute approximate surface area is 462 Å². The molecule has 0 radical (unpaired) electrons. The van der Waals surface area contributed by atoms with E-state index in [2.05, 4.69) is 78.7 Å². The van der Waals surface area contributed by atoms with E-state index >= 15 is 0 Å². The van der Waals surface area contributed by atoms with Crippen LogP contribution in [0.15, 0.2) is 73.1 Å². The standard InChI is InChI=1S/C29H34FN5O3.C23H28FN5O.3C2H6.C2H2.CH4O/c1-28(2,3)22-14-23(19-6-8-21(30)9-7-19)32-35-15-24(31-25(22)35)27(38)34-11-10-33(17-29(34,4)5)26(37)20-12-18(13-20)16-36;1-22(2,3)17-12-18(15-6-8-16(24)9-7-15)27-29-13-19(26-20(17)29)21(30)28-11-10-25-14-23(28,4)5;5*1-2/h6-9,14-16,18,20H,10-13,17H2,1-5H3;6-9,12-13,25H,10-11,14H2,1-5H3;3*1-2H3;1-2H;2H,1H3/p+1. The van der Waals surface area contributed by atoms with Gasteiger partial charge in [-0.3, -0.25) is 14.4 Å². The number of halogens is 2. The first kappa shape index (κ1) is 65.4. The van der Waals surface area contributed by atoms with Crippen molar-refractivity contribution in [2.45, 2.75) is 146 Å². The molecule has 3 N–H and O–H groups in total. The van der Waals surface area contributed by atoms with Crippen molar-refractivity contribution in [3.8, 4) is 35.4 Å².